The van der Waals surface area contributed by atoms with Crippen molar-refractivity contribution in [3.8, 4) is 0 Å². The van der Waals surface area contributed by atoms with Gasteiger partial charge in [-0.3, -0.25) is 9.69 Å². The third-order valence-corrected chi connectivity index (χ3v) is 5.34. The molecule has 2 aliphatic rings. The largest absolute Gasteiger partial charge is 0.383 e. The summed E-state index contributed by atoms with van der Waals surface area (Å²) in [7, 11) is 0. The monoisotopic (exact) mass is 332 g/mol. The fourth-order valence-corrected chi connectivity index (χ4v) is 3.96. The molecule has 1 aromatic rings. The zero-order valence-electron chi connectivity index (χ0n) is 14.5. The van der Waals surface area contributed by atoms with E-state index in [4.69, 9.17) is 4.74 Å². The summed E-state index contributed by atoms with van der Waals surface area (Å²) in [4.78, 5) is 16.6. The lowest BCUT2D eigenvalue weighted by atomic mass is 9.79. The highest BCUT2D eigenvalue weighted by atomic mass is 16.5. The van der Waals surface area contributed by atoms with E-state index in [9.17, 15) is 9.90 Å². The molecule has 3 rings (SSSR count). The number of piperidine rings is 1. The fourth-order valence-electron chi connectivity index (χ4n) is 3.96. The van der Waals surface area contributed by atoms with Crippen LogP contribution in [0.1, 0.15) is 31.7 Å². The predicted molar refractivity (Wildman–Crippen MR) is 92.6 cm³/mol. The zero-order valence-corrected chi connectivity index (χ0v) is 14.5. The predicted octanol–water partition coefficient (Wildman–Crippen LogP) is 1.61. The molecule has 24 heavy (non-hydrogen) atoms. The number of likely N-dealkylation sites (tertiary alicyclic amines) is 2. The lowest BCUT2D eigenvalue weighted by Crippen LogP contribution is -2.61. The van der Waals surface area contributed by atoms with E-state index >= 15 is 0 Å². The number of rotatable bonds is 5. The Morgan fingerprint density at radius 2 is 1.96 bits per heavy atom. The number of ether oxygens (including phenoxy) is 1. The summed E-state index contributed by atoms with van der Waals surface area (Å²) in [5.74, 6) is 0.0242. The molecule has 2 atom stereocenters. The summed E-state index contributed by atoms with van der Waals surface area (Å²) in [5, 5.41) is 11.5. The van der Waals surface area contributed by atoms with Gasteiger partial charge in [-0.1, -0.05) is 30.3 Å². The van der Waals surface area contributed by atoms with Crippen LogP contribution in [0.5, 0.6) is 0 Å². The van der Waals surface area contributed by atoms with Crippen LogP contribution in [-0.4, -0.2) is 66.2 Å². The van der Waals surface area contributed by atoms with Crippen molar-refractivity contribution in [2.75, 3.05) is 39.4 Å². The first-order valence-electron chi connectivity index (χ1n) is 9.02. The average molecular weight is 332 g/mol. The van der Waals surface area contributed by atoms with E-state index in [0.29, 0.717) is 26.1 Å². The Bertz CT molecular complexity index is 545. The van der Waals surface area contributed by atoms with Crippen molar-refractivity contribution in [1.82, 2.24) is 9.80 Å². The molecule has 1 N–H and O–H groups in total. The summed E-state index contributed by atoms with van der Waals surface area (Å²) in [6.45, 7) is 5.69. The molecule has 0 unspecified atom stereocenters. The molecule has 0 spiro atoms. The Morgan fingerprint density at radius 3 is 2.62 bits per heavy atom. The molecule has 1 aromatic carbocycles. The van der Waals surface area contributed by atoms with Crippen LogP contribution in [0.4, 0.5) is 0 Å². The van der Waals surface area contributed by atoms with Gasteiger partial charge in [0.25, 0.3) is 0 Å². The first kappa shape index (κ1) is 17.4. The number of benzene rings is 1. The topological polar surface area (TPSA) is 53.0 Å². The van der Waals surface area contributed by atoms with Crippen molar-refractivity contribution in [2.45, 2.75) is 37.8 Å². The minimum atomic E-state index is -0.895. The Kier molecular flexibility index (Phi) is 5.54. The normalized spacial score (nSPS) is 28.2. The number of hydrogen-bond donors (Lipinski definition) is 1. The molecule has 2 fully saturated rings. The van der Waals surface area contributed by atoms with Gasteiger partial charge in [0.05, 0.1) is 6.04 Å². The maximum absolute atomic E-state index is 12.4. The number of amides is 1. The molecule has 0 radical (unpaired) electrons. The molecule has 0 bridgehead atoms. The van der Waals surface area contributed by atoms with Gasteiger partial charge >= 0.3 is 0 Å². The van der Waals surface area contributed by atoms with Gasteiger partial charge in [-0.15, -0.1) is 0 Å². The molecule has 132 valence electrons. The molecule has 0 aromatic heterocycles. The molecule has 0 saturated carbocycles. The van der Waals surface area contributed by atoms with Crippen LogP contribution >= 0.6 is 0 Å². The SMILES string of the molecule is CCOCC(=O)N1CC[C@](O)(c2ccccc2)[C@H](N2CCCC2)C1. The Balaban J connectivity index is 1.81. The van der Waals surface area contributed by atoms with Gasteiger partial charge < -0.3 is 14.7 Å². The van der Waals surface area contributed by atoms with Crippen molar-refractivity contribution < 1.29 is 14.6 Å². The third kappa shape index (κ3) is 3.48. The number of aliphatic hydroxyl groups is 1. The Morgan fingerprint density at radius 1 is 1.25 bits per heavy atom. The van der Waals surface area contributed by atoms with Crippen LogP contribution in [-0.2, 0) is 15.1 Å². The summed E-state index contributed by atoms with van der Waals surface area (Å²) < 4.78 is 5.28. The van der Waals surface area contributed by atoms with Crippen molar-refractivity contribution in [3.05, 3.63) is 35.9 Å². The zero-order chi connectivity index (χ0) is 17.0. The second-order valence-corrected chi connectivity index (χ2v) is 6.78. The van der Waals surface area contributed by atoms with E-state index in [-0.39, 0.29) is 18.6 Å². The first-order valence-corrected chi connectivity index (χ1v) is 9.02. The van der Waals surface area contributed by atoms with Gasteiger partial charge in [0.15, 0.2) is 0 Å². The molecule has 1 amide bonds. The van der Waals surface area contributed by atoms with E-state index < -0.39 is 5.60 Å². The van der Waals surface area contributed by atoms with Gasteiger partial charge in [-0.05, 0) is 44.8 Å². The van der Waals surface area contributed by atoms with Crippen molar-refractivity contribution in [3.63, 3.8) is 0 Å². The standard InChI is InChI=1S/C19H28N2O3/c1-2-24-15-18(22)21-13-10-19(23,16-8-4-3-5-9-16)17(14-21)20-11-6-7-12-20/h3-5,8-9,17,23H,2,6-7,10-15H2,1H3/t17-,19+/m1/s1. The van der Waals surface area contributed by atoms with E-state index in [1.165, 1.54) is 0 Å². The molecule has 2 aliphatic heterocycles. The van der Waals surface area contributed by atoms with E-state index in [0.717, 1.165) is 31.5 Å². The molecule has 5 heteroatoms. The van der Waals surface area contributed by atoms with Crippen LogP contribution < -0.4 is 0 Å². The minimum absolute atomic E-state index is 0.0242. The van der Waals surface area contributed by atoms with Crippen LogP contribution in [0, 0.1) is 0 Å². The highest BCUT2D eigenvalue weighted by Crippen LogP contribution is 2.37. The summed E-state index contributed by atoms with van der Waals surface area (Å²) in [6.07, 6.45) is 2.89. The van der Waals surface area contributed by atoms with Gasteiger partial charge in [-0.25, -0.2) is 0 Å². The Hall–Kier alpha value is -1.43. The summed E-state index contributed by atoms with van der Waals surface area (Å²) in [6, 6.07) is 9.86. The van der Waals surface area contributed by atoms with Gasteiger partial charge in [-0.2, -0.15) is 0 Å². The van der Waals surface area contributed by atoms with Crippen molar-refractivity contribution >= 4 is 5.91 Å². The number of nitrogens with zero attached hydrogens (tertiary/aromatic N) is 2. The van der Waals surface area contributed by atoms with E-state index in [2.05, 4.69) is 4.90 Å². The minimum Gasteiger partial charge on any atom is -0.383 e. The van der Waals surface area contributed by atoms with Gasteiger partial charge in [0.2, 0.25) is 5.91 Å². The highest BCUT2D eigenvalue weighted by Gasteiger charge is 2.47. The van der Waals surface area contributed by atoms with Crippen LogP contribution in [0.25, 0.3) is 0 Å². The number of carbonyl (C=O) groups is 1. The average Bonchev–Trinajstić information content (AvgIpc) is 3.15. The second-order valence-electron chi connectivity index (χ2n) is 6.78. The van der Waals surface area contributed by atoms with Crippen molar-refractivity contribution in [2.24, 2.45) is 0 Å². The maximum atomic E-state index is 12.4. The molecule has 2 saturated heterocycles. The molecular formula is C19H28N2O3. The highest BCUT2D eigenvalue weighted by molar-refractivity contribution is 5.77. The smallest absolute Gasteiger partial charge is 0.248 e. The van der Waals surface area contributed by atoms with Crippen LogP contribution in [0.15, 0.2) is 30.3 Å². The molecule has 5 nitrogen and oxygen atoms in total. The molecular weight excluding hydrogens is 304 g/mol. The third-order valence-electron chi connectivity index (χ3n) is 5.34. The van der Waals surface area contributed by atoms with Crippen LogP contribution in [0.2, 0.25) is 0 Å². The lowest BCUT2D eigenvalue weighted by Gasteiger charge is -2.48. The molecule has 0 aliphatic carbocycles. The van der Waals surface area contributed by atoms with Crippen LogP contribution in [0.3, 0.4) is 0 Å². The maximum Gasteiger partial charge on any atom is 0.248 e. The fraction of sp³-hybridized carbons (Fsp3) is 0.632. The van der Waals surface area contributed by atoms with E-state index in [1.54, 1.807) is 0 Å². The van der Waals surface area contributed by atoms with Crippen molar-refractivity contribution in [1.29, 1.82) is 0 Å². The van der Waals surface area contributed by atoms with Gasteiger partial charge in [0, 0.05) is 19.7 Å². The number of hydrogen-bond acceptors (Lipinski definition) is 4. The molecule has 2 heterocycles. The first-order chi connectivity index (χ1) is 11.6. The lowest BCUT2D eigenvalue weighted by molar-refractivity contribution is -0.147. The summed E-state index contributed by atoms with van der Waals surface area (Å²) in [5.41, 5.74) is 0.0624. The summed E-state index contributed by atoms with van der Waals surface area (Å²) >= 11 is 0. The van der Waals surface area contributed by atoms with E-state index in [1.807, 2.05) is 42.2 Å². The van der Waals surface area contributed by atoms with Gasteiger partial charge in [0.1, 0.15) is 12.2 Å². The quantitative estimate of drug-likeness (QED) is 0.890. The number of carbonyl (C=O) groups excluding carboxylic acids is 1. The second kappa shape index (κ2) is 7.64. The Labute approximate surface area is 144 Å².